The molecule has 0 aromatic carbocycles. The number of ether oxygens (including phenoxy) is 1. The second-order valence-electron chi connectivity index (χ2n) is 9.61. The Morgan fingerprint density at radius 3 is 2.88 bits per heavy atom. The van der Waals surface area contributed by atoms with Crippen LogP contribution in [0.15, 0.2) is 23.8 Å². The standard InChI is InChI=1S/C23H33NO/c1-3-22-10-7-19-18-6-5-17(24)14-16(18)13-15(2)21(19)20(22)8-11-23(22)9-4-12-25-23/h4,9,14-15,18-21,24H,3,5-8,10-13H2,1-2H3/t15?,18-,19?,20?,21?,22-,23-/m0/s1. The van der Waals surface area contributed by atoms with E-state index in [2.05, 4.69) is 32.1 Å². The average Bonchev–Trinajstić information content (AvgIpc) is 3.21. The lowest BCUT2D eigenvalue weighted by atomic mass is 9.47. The van der Waals surface area contributed by atoms with Gasteiger partial charge < -0.3 is 10.1 Å². The molecule has 5 aliphatic rings. The molecule has 2 nitrogen and oxygen atoms in total. The normalized spacial score (nSPS) is 51.2. The van der Waals surface area contributed by atoms with Crippen LogP contribution in [-0.4, -0.2) is 17.9 Å². The molecule has 136 valence electrons. The molecule has 4 unspecified atom stereocenters. The first kappa shape index (κ1) is 16.3. The fraction of sp³-hybridized carbons (Fsp3) is 0.783. The van der Waals surface area contributed by atoms with Crippen molar-refractivity contribution >= 4 is 5.71 Å². The second kappa shape index (κ2) is 5.55. The van der Waals surface area contributed by atoms with Crippen molar-refractivity contribution in [2.24, 2.45) is 35.0 Å². The molecule has 4 aliphatic carbocycles. The molecule has 1 heterocycles. The predicted molar refractivity (Wildman–Crippen MR) is 102 cm³/mol. The summed E-state index contributed by atoms with van der Waals surface area (Å²) in [6.45, 7) is 5.77. The monoisotopic (exact) mass is 339 g/mol. The molecule has 5 rings (SSSR count). The maximum atomic E-state index is 8.10. The minimum Gasteiger partial charge on any atom is -0.366 e. The van der Waals surface area contributed by atoms with E-state index in [0.717, 1.165) is 48.3 Å². The first-order valence-corrected chi connectivity index (χ1v) is 10.7. The quantitative estimate of drug-likeness (QED) is 0.625. The van der Waals surface area contributed by atoms with Gasteiger partial charge in [-0.3, -0.25) is 0 Å². The summed E-state index contributed by atoms with van der Waals surface area (Å²) < 4.78 is 6.45. The lowest BCUT2D eigenvalue weighted by Crippen LogP contribution is -2.55. The van der Waals surface area contributed by atoms with E-state index in [1.54, 1.807) is 5.57 Å². The third kappa shape index (κ3) is 2.04. The van der Waals surface area contributed by atoms with Gasteiger partial charge in [0, 0.05) is 11.1 Å². The lowest BCUT2D eigenvalue weighted by Gasteiger charge is -2.58. The Hall–Kier alpha value is -0.890. The summed E-state index contributed by atoms with van der Waals surface area (Å²) in [6, 6.07) is 0. The molecule has 2 heteroatoms. The average molecular weight is 340 g/mol. The van der Waals surface area contributed by atoms with Crippen molar-refractivity contribution in [3.8, 4) is 0 Å². The number of nitrogens with one attached hydrogen (secondary N) is 1. The van der Waals surface area contributed by atoms with E-state index in [-0.39, 0.29) is 5.60 Å². The van der Waals surface area contributed by atoms with E-state index >= 15 is 0 Å². The zero-order valence-electron chi connectivity index (χ0n) is 15.9. The van der Waals surface area contributed by atoms with Crippen LogP contribution in [0, 0.1) is 40.4 Å². The number of allylic oxidation sites excluding steroid dienone is 2. The highest BCUT2D eigenvalue weighted by atomic mass is 16.5. The van der Waals surface area contributed by atoms with E-state index in [4.69, 9.17) is 10.1 Å². The maximum Gasteiger partial charge on any atom is 0.0926 e. The molecule has 0 radical (unpaired) electrons. The molecule has 25 heavy (non-hydrogen) atoms. The topological polar surface area (TPSA) is 33.1 Å². The minimum absolute atomic E-state index is 0.0575. The van der Waals surface area contributed by atoms with Crippen molar-refractivity contribution in [3.05, 3.63) is 23.8 Å². The Bertz CT molecular complexity index is 648. The van der Waals surface area contributed by atoms with E-state index in [9.17, 15) is 0 Å². The molecular weight excluding hydrogens is 306 g/mol. The van der Waals surface area contributed by atoms with Gasteiger partial charge in [-0.2, -0.15) is 0 Å². The predicted octanol–water partition coefficient (Wildman–Crippen LogP) is 5.54. The Labute approximate surface area is 152 Å². The highest BCUT2D eigenvalue weighted by Crippen LogP contribution is 2.68. The van der Waals surface area contributed by atoms with Gasteiger partial charge in [-0.15, -0.1) is 0 Å². The second-order valence-corrected chi connectivity index (χ2v) is 9.61. The van der Waals surface area contributed by atoms with Crippen LogP contribution in [0.3, 0.4) is 0 Å². The van der Waals surface area contributed by atoms with E-state index in [1.165, 1.54) is 44.9 Å². The van der Waals surface area contributed by atoms with Crippen LogP contribution < -0.4 is 0 Å². The first-order valence-electron chi connectivity index (χ1n) is 10.7. The van der Waals surface area contributed by atoms with Crippen molar-refractivity contribution in [2.75, 3.05) is 6.61 Å². The van der Waals surface area contributed by atoms with Crippen LogP contribution in [0.25, 0.3) is 0 Å². The van der Waals surface area contributed by atoms with Gasteiger partial charge >= 0.3 is 0 Å². The molecule has 1 spiro atoms. The van der Waals surface area contributed by atoms with E-state index in [1.807, 2.05) is 0 Å². The van der Waals surface area contributed by atoms with Crippen molar-refractivity contribution in [2.45, 2.75) is 70.8 Å². The number of rotatable bonds is 1. The molecule has 3 saturated carbocycles. The molecule has 3 fully saturated rings. The van der Waals surface area contributed by atoms with Crippen molar-refractivity contribution in [1.82, 2.24) is 0 Å². The zero-order valence-corrected chi connectivity index (χ0v) is 15.9. The first-order chi connectivity index (χ1) is 12.1. The Morgan fingerprint density at radius 1 is 1.24 bits per heavy atom. The van der Waals surface area contributed by atoms with E-state index in [0.29, 0.717) is 5.41 Å². The fourth-order valence-electron chi connectivity index (χ4n) is 8.16. The van der Waals surface area contributed by atoms with Gasteiger partial charge in [-0.05, 0) is 87.0 Å². The summed E-state index contributed by atoms with van der Waals surface area (Å²) in [4.78, 5) is 0. The van der Waals surface area contributed by atoms with Crippen LogP contribution in [0.5, 0.6) is 0 Å². The summed E-state index contributed by atoms with van der Waals surface area (Å²) in [5, 5.41) is 8.10. The van der Waals surface area contributed by atoms with Gasteiger partial charge in [-0.1, -0.05) is 31.6 Å². The maximum absolute atomic E-state index is 8.10. The number of hydrogen-bond donors (Lipinski definition) is 1. The molecule has 0 saturated heterocycles. The molecule has 0 bridgehead atoms. The van der Waals surface area contributed by atoms with Gasteiger partial charge in [0.25, 0.3) is 0 Å². The smallest absolute Gasteiger partial charge is 0.0926 e. The van der Waals surface area contributed by atoms with Crippen LogP contribution in [0.4, 0.5) is 0 Å². The van der Waals surface area contributed by atoms with Crippen LogP contribution in [0.2, 0.25) is 0 Å². The summed E-state index contributed by atoms with van der Waals surface area (Å²) in [5.74, 6) is 4.14. The molecule has 1 aliphatic heterocycles. The van der Waals surface area contributed by atoms with Gasteiger partial charge in [0.1, 0.15) is 0 Å². The third-order valence-corrected chi connectivity index (χ3v) is 9.01. The molecule has 7 atom stereocenters. The fourth-order valence-corrected chi connectivity index (χ4v) is 8.16. The Kier molecular flexibility index (Phi) is 3.62. The molecule has 1 N–H and O–H groups in total. The summed E-state index contributed by atoms with van der Waals surface area (Å²) in [7, 11) is 0. The van der Waals surface area contributed by atoms with E-state index < -0.39 is 0 Å². The number of fused-ring (bicyclic) bond motifs is 6. The van der Waals surface area contributed by atoms with Gasteiger partial charge in [0.15, 0.2) is 0 Å². The Morgan fingerprint density at radius 2 is 2.12 bits per heavy atom. The highest BCUT2D eigenvalue weighted by Gasteiger charge is 2.65. The SMILES string of the molecule is CC[C@]12CCC3C(C(C)CC4=CC(=N)CC[C@@H]43)C1CC[C@@]21C=CCO1. The molecule has 0 aromatic rings. The zero-order chi connectivity index (χ0) is 17.2. The number of hydrogen-bond acceptors (Lipinski definition) is 2. The van der Waals surface area contributed by atoms with Crippen LogP contribution in [-0.2, 0) is 4.74 Å². The van der Waals surface area contributed by atoms with Gasteiger partial charge in [0.05, 0.1) is 12.2 Å². The van der Waals surface area contributed by atoms with Crippen LogP contribution >= 0.6 is 0 Å². The van der Waals surface area contributed by atoms with Crippen LogP contribution in [0.1, 0.15) is 65.2 Å². The lowest BCUT2D eigenvalue weighted by molar-refractivity contribution is -0.130. The highest BCUT2D eigenvalue weighted by molar-refractivity contribution is 5.93. The van der Waals surface area contributed by atoms with Crippen molar-refractivity contribution < 1.29 is 4.74 Å². The summed E-state index contributed by atoms with van der Waals surface area (Å²) >= 11 is 0. The Balaban J connectivity index is 1.53. The van der Waals surface area contributed by atoms with Gasteiger partial charge in [0.2, 0.25) is 0 Å². The molecule has 0 aromatic heterocycles. The third-order valence-electron chi connectivity index (χ3n) is 9.01. The summed E-state index contributed by atoms with van der Waals surface area (Å²) in [6.07, 6.45) is 17.1. The summed E-state index contributed by atoms with van der Waals surface area (Å²) in [5.41, 5.74) is 2.94. The largest absolute Gasteiger partial charge is 0.366 e. The molecule has 0 amide bonds. The molecular formula is C23H33NO. The van der Waals surface area contributed by atoms with Crippen molar-refractivity contribution in [3.63, 3.8) is 0 Å². The van der Waals surface area contributed by atoms with Crippen molar-refractivity contribution in [1.29, 1.82) is 5.41 Å². The van der Waals surface area contributed by atoms with Gasteiger partial charge in [-0.25, -0.2) is 0 Å². The minimum atomic E-state index is 0.0575.